The number of anilines is 1. The van der Waals surface area contributed by atoms with Gasteiger partial charge in [0.25, 0.3) is 0 Å². The molecule has 5 heteroatoms. The van der Waals surface area contributed by atoms with Crippen molar-refractivity contribution >= 4 is 33.4 Å². The zero-order valence-corrected chi connectivity index (χ0v) is 11.4. The van der Waals surface area contributed by atoms with E-state index in [4.69, 9.17) is 0 Å². The van der Waals surface area contributed by atoms with Gasteiger partial charge in [0.15, 0.2) is 0 Å². The van der Waals surface area contributed by atoms with E-state index < -0.39 is 0 Å². The van der Waals surface area contributed by atoms with E-state index in [0.717, 1.165) is 15.7 Å². The third-order valence-electron chi connectivity index (χ3n) is 2.19. The van der Waals surface area contributed by atoms with Crippen LogP contribution in [-0.4, -0.2) is 18.4 Å². The normalized spacial score (nSPS) is 9.82. The Balaban J connectivity index is 2.48. The van der Waals surface area contributed by atoms with E-state index in [9.17, 15) is 9.59 Å². The quantitative estimate of drug-likeness (QED) is 0.895. The lowest BCUT2D eigenvalue weighted by molar-refractivity contribution is -0.119. The molecule has 0 atom stereocenters. The van der Waals surface area contributed by atoms with Crippen molar-refractivity contribution in [1.29, 1.82) is 0 Å². The monoisotopic (exact) mass is 298 g/mol. The number of carbonyl (C=O) groups is 2. The molecule has 0 heterocycles. The second kappa shape index (κ2) is 6.39. The summed E-state index contributed by atoms with van der Waals surface area (Å²) in [4.78, 5) is 22.2. The summed E-state index contributed by atoms with van der Waals surface area (Å²) in [7, 11) is 0. The van der Waals surface area contributed by atoms with Crippen LogP contribution in [0.4, 0.5) is 5.69 Å². The Kier molecular flexibility index (Phi) is 5.15. The molecular formula is C12H15BrN2O2. The van der Waals surface area contributed by atoms with Crippen LogP contribution in [0, 0.1) is 6.92 Å². The van der Waals surface area contributed by atoms with Gasteiger partial charge in [-0.15, -0.1) is 0 Å². The van der Waals surface area contributed by atoms with Crippen molar-refractivity contribution < 1.29 is 9.59 Å². The Bertz CT molecular complexity index is 433. The summed E-state index contributed by atoms with van der Waals surface area (Å²) in [5, 5.41) is 5.38. The Morgan fingerprint density at radius 2 is 2.06 bits per heavy atom. The number of amides is 2. The molecule has 0 unspecified atom stereocenters. The second-order valence-electron chi connectivity index (χ2n) is 3.74. The maximum absolute atomic E-state index is 11.6. The number of benzene rings is 1. The lowest BCUT2D eigenvalue weighted by Gasteiger charge is -2.08. The van der Waals surface area contributed by atoms with Crippen molar-refractivity contribution in [3.05, 3.63) is 28.2 Å². The summed E-state index contributed by atoms with van der Waals surface area (Å²) in [5.41, 5.74) is 1.79. The fraction of sp³-hybridized carbons (Fsp3) is 0.333. The van der Waals surface area contributed by atoms with Crippen LogP contribution < -0.4 is 10.6 Å². The zero-order chi connectivity index (χ0) is 12.8. The van der Waals surface area contributed by atoms with Gasteiger partial charge >= 0.3 is 0 Å². The van der Waals surface area contributed by atoms with Crippen molar-refractivity contribution in [3.63, 3.8) is 0 Å². The molecule has 0 aromatic heterocycles. The van der Waals surface area contributed by atoms with Gasteiger partial charge in [-0.2, -0.15) is 0 Å². The zero-order valence-electron chi connectivity index (χ0n) is 9.84. The lowest BCUT2D eigenvalue weighted by atomic mass is 10.2. The van der Waals surface area contributed by atoms with Crippen LogP contribution >= 0.6 is 15.9 Å². The molecule has 1 aromatic rings. The highest BCUT2D eigenvalue weighted by Gasteiger charge is 2.05. The highest BCUT2D eigenvalue weighted by atomic mass is 79.9. The van der Waals surface area contributed by atoms with Gasteiger partial charge in [0.2, 0.25) is 11.8 Å². The van der Waals surface area contributed by atoms with Gasteiger partial charge in [0.05, 0.1) is 0 Å². The molecule has 0 aliphatic rings. The minimum absolute atomic E-state index is 0.107. The molecule has 4 nitrogen and oxygen atoms in total. The molecule has 17 heavy (non-hydrogen) atoms. The smallest absolute Gasteiger partial charge is 0.226 e. The summed E-state index contributed by atoms with van der Waals surface area (Å²) in [5.74, 6) is -0.234. The first-order valence-electron chi connectivity index (χ1n) is 5.29. The first-order chi connectivity index (χ1) is 7.99. The molecule has 0 saturated carbocycles. The molecule has 0 saturated heterocycles. The predicted octanol–water partition coefficient (Wildman–Crippen LogP) is 2.22. The number of nitrogens with one attached hydrogen (secondary N) is 2. The molecule has 2 amide bonds. The van der Waals surface area contributed by atoms with Crippen molar-refractivity contribution in [1.82, 2.24) is 5.32 Å². The number of aryl methyl sites for hydroxylation is 1. The van der Waals surface area contributed by atoms with Crippen molar-refractivity contribution in [2.75, 3.05) is 11.9 Å². The molecule has 0 radical (unpaired) electrons. The van der Waals surface area contributed by atoms with Gasteiger partial charge in [0.1, 0.15) is 0 Å². The highest BCUT2D eigenvalue weighted by molar-refractivity contribution is 9.10. The maximum Gasteiger partial charge on any atom is 0.226 e. The van der Waals surface area contributed by atoms with Crippen LogP contribution in [0.2, 0.25) is 0 Å². The standard InChI is InChI=1S/C12H15BrN2O2/c1-8-7-10(13)3-4-11(8)15-12(17)5-6-14-9(2)16/h3-4,7H,5-6H2,1-2H3,(H,14,16)(H,15,17). The Morgan fingerprint density at radius 3 is 2.65 bits per heavy atom. The average Bonchev–Trinajstić information content (AvgIpc) is 2.21. The van der Waals surface area contributed by atoms with Crippen LogP contribution in [0.15, 0.2) is 22.7 Å². The number of rotatable bonds is 4. The minimum atomic E-state index is -0.127. The molecule has 0 aliphatic heterocycles. The number of hydrogen-bond acceptors (Lipinski definition) is 2. The van der Waals surface area contributed by atoms with E-state index in [1.54, 1.807) is 0 Å². The lowest BCUT2D eigenvalue weighted by Crippen LogP contribution is -2.25. The Hall–Kier alpha value is -1.36. The molecule has 1 aromatic carbocycles. The second-order valence-corrected chi connectivity index (χ2v) is 4.66. The summed E-state index contributed by atoms with van der Waals surface area (Å²) >= 11 is 3.36. The van der Waals surface area contributed by atoms with Gasteiger partial charge in [-0.25, -0.2) is 0 Å². The first-order valence-corrected chi connectivity index (χ1v) is 6.09. The van der Waals surface area contributed by atoms with Crippen LogP contribution in [0.3, 0.4) is 0 Å². The van der Waals surface area contributed by atoms with Gasteiger partial charge in [-0.1, -0.05) is 15.9 Å². The molecule has 0 spiro atoms. The number of carbonyl (C=O) groups excluding carboxylic acids is 2. The molecule has 0 bridgehead atoms. The minimum Gasteiger partial charge on any atom is -0.356 e. The highest BCUT2D eigenvalue weighted by Crippen LogP contribution is 2.19. The molecule has 92 valence electrons. The largest absolute Gasteiger partial charge is 0.356 e. The Morgan fingerprint density at radius 1 is 1.35 bits per heavy atom. The van der Waals surface area contributed by atoms with Crippen LogP contribution in [0.5, 0.6) is 0 Å². The molecule has 1 rings (SSSR count). The summed E-state index contributed by atoms with van der Waals surface area (Å²) in [6.45, 7) is 3.71. The van der Waals surface area contributed by atoms with Gasteiger partial charge in [-0.3, -0.25) is 9.59 Å². The SMILES string of the molecule is CC(=O)NCCC(=O)Nc1ccc(Br)cc1C. The fourth-order valence-corrected chi connectivity index (χ4v) is 1.81. The van der Waals surface area contributed by atoms with Crippen LogP contribution in [0.1, 0.15) is 18.9 Å². The summed E-state index contributed by atoms with van der Waals surface area (Å²) in [6.07, 6.45) is 0.273. The third kappa shape index (κ3) is 4.99. The average molecular weight is 299 g/mol. The number of halogens is 1. The topological polar surface area (TPSA) is 58.2 Å². The van der Waals surface area contributed by atoms with Crippen molar-refractivity contribution in [3.8, 4) is 0 Å². The van der Waals surface area contributed by atoms with Crippen LogP contribution in [0.25, 0.3) is 0 Å². The van der Waals surface area contributed by atoms with E-state index in [-0.39, 0.29) is 18.2 Å². The van der Waals surface area contributed by atoms with Gasteiger partial charge in [0, 0.05) is 30.0 Å². The predicted molar refractivity (Wildman–Crippen MR) is 70.8 cm³/mol. The summed E-state index contributed by atoms with van der Waals surface area (Å²) in [6, 6.07) is 5.65. The van der Waals surface area contributed by atoms with E-state index in [1.807, 2.05) is 25.1 Å². The summed E-state index contributed by atoms with van der Waals surface area (Å²) < 4.78 is 0.978. The van der Waals surface area contributed by atoms with Crippen molar-refractivity contribution in [2.24, 2.45) is 0 Å². The van der Waals surface area contributed by atoms with Gasteiger partial charge in [-0.05, 0) is 30.7 Å². The Labute approximate surface area is 109 Å². The van der Waals surface area contributed by atoms with E-state index >= 15 is 0 Å². The van der Waals surface area contributed by atoms with E-state index in [0.29, 0.717) is 6.54 Å². The fourth-order valence-electron chi connectivity index (χ4n) is 1.33. The van der Waals surface area contributed by atoms with E-state index in [1.165, 1.54) is 6.92 Å². The molecular weight excluding hydrogens is 284 g/mol. The molecule has 2 N–H and O–H groups in total. The maximum atomic E-state index is 11.6. The van der Waals surface area contributed by atoms with Crippen LogP contribution in [-0.2, 0) is 9.59 Å². The third-order valence-corrected chi connectivity index (χ3v) is 2.68. The molecule has 0 aliphatic carbocycles. The first kappa shape index (κ1) is 13.7. The number of hydrogen-bond donors (Lipinski definition) is 2. The van der Waals surface area contributed by atoms with Crippen molar-refractivity contribution in [2.45, 2.75) is 20.3 Å². The van der Waals surface area contributed by atoms with E-state index in [2.05, 4.69) is 26.6 Å². The molecule has 0 fully saturated rings. The van der Waals surface area contributed by atoms with Gasteiger partial charge < -0.3 is 10.6 Å².